The van der Waals surface area contributed by atoms with Crippen LogP contribution in [0.25, 0.3) is 10.9 Å². The molecule has 1 aliphatic heterocycles. The van der Waals surface area contributed by atoms with E-state index in [1.807, 2.05) is 42.0 Å². The average molecular weight is 385 g/mol. The Balaban J connectivity index is 1.71. The average Bonchev–Trinajstić information content (AvgIpc) is 3.03. The molecule has 112 valence electrons. The number of aromatic amines is 1. The van der Waals surface area contributed by atoms with Crippen LogP contribution in [0.4, 0.5) is 0 Å². The van der Waals surface area contributed by atoms with Crippen molar-refractivity contribution in [2.75, 3.05) is 18.1 Å². The molecule has 0 aliphatic carbocycles. The van der Waals surface area contributed by atoms with Gasteiger partial charge in [0, 0.05) is 39.5 Å². The minimum absolute atomic E-state index is 0.0506. The summed E-state index contributed by atoms with van der Waals surface area (Å²) in [4.78, 5) is 3.26. The second-order valence-corrected chi connectivity index (χ2v) is 9.50. The molecule has 0 bridgehead atoms. The predicted octanol–water partition coefficient (Wildman–Crippen LogP) is 4.25. The SMILES string of the molecule is CC1(C=[N+]([O-])CCc2c[nH]c3ccc(Br)cc23)SCCS1. The second kappa shape index (κ2) is 6.26. The van der Waals surface area contributed by atoms with E-state index in [1.54, 1.807) is 0 Å². The number of fused-ring (bicyclic) bond motifs is 1. The fourth-order valence-corrected chi connectivity index (χ4v) is 5.57. The number of H-pyrrole nitrogens is 1. The normalized spacial score (nSPS) is 18.5. The van der Waals surface area contributed by atoms with E-state index in [0.717, 1.165) is 32.7 Å². The van der Waals surface area contributed by atoms with E-state index in [9.17, 15) is 5.21 Å². The topological polar surface area (TPSA) is 41.9 Å². The monoisotopic (exact) mass is 384 g/mol. The number of hydroxylamine groups is 1. The third-order valence-electron chi connectivity index (χ3n) is 3.57. The molecular formula is C15H17BrN2OS2. The number of rotatable bonds is 4. The maximum Gasteiger partial charge on any atom is 0.176 e. The van der Waals surface area contributed by atoms with Crippen molar-refractivity contribution in [1.29, 1.82) is 0 Å². The highest BCUT2D eigenvalue weighted by atomic mass is 79.9. The van der Waals surface area contributed by atoms with Crippen LogP contribution >= 0.6 is 39.5 Å². The predicted molar refractivity (Wildman–Crippen MR) is 97.6 cm³/mol. The molecule has 6 heteroatoms. The summed E-state index contributed by atoms with van der Waals surface area (Å²) in [6.45, 7) is 2.62. The third-order valence-corrected chi connectivity index (χ3v) is 7.20. The Kier molecular flexibility index (Phi) is 4.57. The van der Waals surface area contributed by atoms with Crippen molar-refractivity contribution in [3.05, 3.63) is 39.6 Å². The number of aromatic nitrogens is 1. The Morgan fingerprint density at radius 3 is 2.95 bits per heavy atom. The van der Waals surface area contributed by atoms with E-state index in [-0.39, 0.29) is 4.08 Å². The molecule has 3 nitrogen and oxygen atoms in total. The molecule has 1 fully saturated rings. The number of hydrogen-bond donors (Lipinski definition) is 1. The lowest BCUT2D eigenvalue weighted by Gasteiger charge is -2.15. The first-order valence-electron chi connectivity index (χ1n) is 6.89. The summed E-state index contributed by atoms with van der Waals surface area (Å²) >= 11 is 7.21. The summed E-state index contributed by atoms with van der Waals surface area (Å²) in [5.41, 5.74) is 2.31. The van der Waals surface area contributed by atoms with Crippen molar-refractivity contribution >= 4 is 56.6 Å². The van der Waals surface area contributed by atoms with Gasteiger partial charge in [-0.25, -0.2) is 4.74 Å². The first kappa shape index (κ1) is 15.3. The quantitative estimate of drug-likeness (QED) is 0.370. The highest BCUT2D eigenvalue weighted by Crippen LogP contribution is 2.41. The van der Waals surface area contributed by atoms with Crippen LogP contribution in [0, 0.1) is 5.21 Å². The number of nitrogens with zero attached hydrogens (tertiary/aromatic N) is 1. The molecule has 0 amide bonds. The maximum atomic E-state index is 12.1. The number of hydrogen-bond acceptors (Lipinski definition) is 3. The third kappa shape index (κ3) is 3.60. The van der Waals surface area contributed by atoms with Gasteiger partial charge >= 0.3 is 0 Å². The van der Waals surface area contributed by atoms with Gasteiger partial charge in [0.25, 0.3) is 0 Å². The molecule has 1 aromatic heterocycles. The number of benzene rings is 1. The Bertz CT molecular complexity index is 677. The van der Waals surface area contributed by atoms with Gasteiger partial charge in [-0.2, -0.15) is 0 Å². The van der Waals surface area contributed by atoms with Gasteiger partial charge in [0.15, 0.2) is 12.8 Å². The molecular weight excluding hydrogens is 368 g/mol. The van der Waals surface area contributed by atoms with E-state index < -0.39 is 0 Å². The molecule has 2 aromatic rings. The van der Waals surface area contributed by atoms with E-state index >= 15 is 0 Å². The summed E-state index contributed by atoms with van der Waals surface area (Å²) in [5, 5.41) is 13.3. The lowest BCUT2D eigenvalue weighted by molar-refractivity contribution is -0.453. The molecule has 2 heterocycles. The van der Waals surface area contributed by atoms with Gasteiger partial charge in [-0.15, -0.1) is 23.5 Å². The molecule has 1 aliphatic rings. The zero-order valence-corrected chi connectivity index (χ0v) is 15.0. The summed E-state index contributed by atoms with van der Waals surface area (Å²) < 4.78 is 2.11. The molecule has 21 heavy (non-hydrogen) atoms. The van der Waals surface area contributed by atoms with Crippen molar-refractivity contribution in [3.63, 3.8) is 0 Å². The van der Waals surface area contributed by atoms with Crippen LogP contribution in [-0.2, 0) is 6.42 Å². The van der Waals surface area contributed by atoms with E-state index in [1.165, 1.54) is 10.9 Å². The van der Waals surface area contributed by atoms with Crippen molar-refractivity contribution in [3.8, 4) is 0 Å². The molecule has 0 unspecified atom stereocenters. The van der Waals surface area contributed by atoms with Crippen LogP contribution in [0.5, 0.6) is 0 Å². The smallest absolute Gasteiger partial charge is 0.176 e. The Morgan fingerprint density at radius 1 is 1.43 bits per heavy atom. The van der Waals surface area contributed by atoms with Crippen molar-refractivity contribution in [2.45, 2.75) is 17.4 Å². The van der Waals surface area contributed by atoms with Gasteiger partial charge in [0.05, 0.1) is 0 Å². The molecule has 0 atom stereocenters. The Labute approximate surface area is 141 Å². The van der Waals surface area contributed by atoms with Crippen molar-refractivity contribution in [1.82, 2.24) is 4.98 Å². The zero-order chi connectivity index (χ0) is 14.9. The second-order valence-electron chi connectivity index (χ2n) is 5.24. The Morgan fingerprint density at radius 2 is 2.19 bits per heavy atom. The van der Waals surface area contributed by atoms with E-state index in [2.05, 4.69) is 40.0 Å². The van der Waals surface area contributed by atoms with Crippen LogP contribution in [-0.4, -0.2) is 38.1 Å². The van der Waals surface area contributed by atoms with Gasteiger partial charge in [-0.05, 0) is 30.7 Å². The first-order chi connectivity index (χ1) is 10.1. The van der Waals surface area contributed by atoms with E-state index in [4.69, 9.17) is 0 Å². The maximum absolute atomic E-state index is 12.1. The summed E-state index contributed by atoms with van der Waals surface area (Å²) in [6.07, 6.45) is 4.59. The van der Waals surface area contributed by atoms with Crippen LogP contribution in [0.15, 0.2) is 28.9 Å². The Hall–Kier alpha value is -0.590. The fraction of sp³-hybridized carbons (Fsp3) is 0.400. The van der Waals surface area contributed by atoms with Crippen molar-refractivity contribution in [2.24, 2.45) is 0 Å². The first-order valence-corrected chi connectivity index (χ1v) is 9.65. The van der Waals surface area contributed by atoms with Crippen LogP contribution in [0.1, 0.15) is 12.5 Å². The van der Waals surface area contributed by atoms with Gasteiger partial charge in [-0.3, -0.25) is 0 Å². The zero-order valence-electron chi connectivity index (χ0n) is 11.8. The van der Waals surface area contributed by atoms with Crippen LogP contribution < -0.4 is 0 Å². The van der Waals surface area contributed by atoms with Gasteiger partial charge in [0.2, 0.25) is 0 Å². The summed E-state index contributed by atoms with van der Waals surface area (Å²) in [5.74, 6) is 2.25. The minimum atomic E-state index is -0.0506. The van der Waals surface area contributed by atoms with Gasteiger partial charge in [0.1, 0.15) is 4.08 Å². The number of nitrogens with one attached hydrogen (secondary N) is 1. The molecule has 1 aromatic carbocycles. The van der Waals surface area contributed by atoms with Crippen LogP contribution in [0.2, 0.25) is 0 Å². The number of thioether (sulfide) groups is 2. The fourth-order valence-electron chi connectivity index (χ4n) is 2.52. The largest absolute Gasteiger partial charge is 0.624 e. The minimum Gasteiger partial charge on any atom is -0.624 e. The molecule has 3 rings (SSSR count). The lowest BCUT2D eigenvalue weighted by Crippen LogP contribution is -2.22. The number of halogens is 1. The highest BCUT2D eigenvalue weighted by Gasteiger charge is 2.32. The molecule has 0 saturated carbocycles. The lowest BCUT2D eigenvalue weighted by atomic mass is 10.1. The van der Waals surface area contributed by atoms with E-state index in [0.29, 0.717) is 6.54 Å². The molecule has 0 radical (unpaired) electrons. The standard InChI is InChI=1S/C15H17BrN2OS2/c1-15(20-6-7-21-15)10-18(19)5-4-11-9-17-14-3-2-12(16)8-13(11)14/h2-3,8-10,17H,4-7H2,1H3. The molecule has 1 N–H and O–H groups in total. The summed E-state index contributed by atoms with van der Waals surface area (Å²) in [6, 6.07) is 6.17. The van der Waals surface area contributed by atoms with Crippen LogP contribution in [0.3, 0.4) is 0 Å². The van der Waals surface area contributed by atoms with Gasteiger partial charge < -0.3 is 10.2 Å². The van der Waals surface area contributed by atoms with Crippen molar-refractivity contribution < 1.29 is 4.74 Å². The highest BCUT2D eigenvalue weighted by molar-refractivity contribution is 9.10. The summed E-state index contributed by atoms with van der Waals surface area (Å²) in [7, 11) is 0. The van der Waals surface area contributed by atoms with Gasteiger partial charge in [-0.1, -0.05) is 15.9 Å². The molecule has 1 saturated heterocycles. The molecule has 0 spiro atoms.